The van der Waals surface area contributed by atoms with Gasteiger partial charge in [-0.05, 0) is 92.6 Å². The predicted octanol–water partition coefficient (Wildman–Crippen LogP) is 7.62. The fourth-order valence-corrected chi connectivity index (χ4v) is 4.22. The van der Waals surface area contributed by atoms with Gasteiger partial charge in [-0.2, -0.15) is 0 Å². The summed E-state index contributed by atoms with van der Waals surface area (Å²) >= 11 is 1.68. The first-order valence-electron chi connectivity index (χ1n) is 11.5. The molecule has 0 aromatic heterocycles. The lowest BCUT2D eigenvalue weighted by Crippen LogP contribution is -2.03. The van der Waals surface area contributed by atoms with Crippen LogP contribution >= 0.6 is 11.8 Å². The van der Waals surface area contributed by atoms with Gasteiger partial charge in [0, 0.05) is 20.9 Å². The van der Waals surface area contributed by atoms with Crippen LogP contribution in [-0.4, -0.2) is 19.0 Å². The van der Waals surface area contributed by atoms with Crippen molar-refractivity contribution in [3.8, 4) is 11.5 Å². The smallest absolute Gasteiger partial charge is 0.193 e. The van der Waals surface area contributed by atoms with Gasteiger partial charge in [-0.1, -0.05) is 47.7 Å². The number of rotatable bonds is 11. The molecule has 4 aromatic carbocycles. The molecule has 0 heterocycles. The summed E-state index contributed by atoms with van der Waals surface area (Å²) in [4.78, 5) is 15.1. The van der Waals surface area contributed by atoms with Crippen LogP contribution in [0.4, 0.5) is 0 Å². The van der Waals surface area contributed by atoms with Crippen molar-refractivity contribution in [2.45, 2.75) is 29.6 Å². The average molecular weight is 469 g/mol. The Labute approximate surface area is 205 Å². The fraction of sp³-hybridized carbons (Fsp3) is 0.167. The molecule has 34 heavy (non-hydrogen) atoms. The number of unbranched alkanes of at least 4 members (excludes halogenated alkanes) is 1. The zero-order valence-electron chi connectivity index (χ0n) is 19.3. The zero-order chi connectivity index (χ0) is 23.6. The summed E-state index contributed by atoms with van der Waals surface area (Å²) in [5.41, 5.74) is 2.56. The minimum absolute atomic E-state index is 0.0102. The van der Waals surface area contributed by atoms with Crippen molar-refractivity contribution in [3.63, 3.8) is 0 Å². The van der Waals surface area contributed by atoms with Crippen molar-refractivity contribution in [3.05, 3.63) is 120 Å². The van der Waals surface area contributed by atoms with E-state index in [0.29, 0.717) is 24.3 Å². The second-order valence-electron chi connectivity index (χ2n) is 8.01. The van der Waals surface area contributed by atoms with Gasteiger partial charge in [-0.25, -0.2) is 0 Å². The van der Waals surface area contributed by atoms with E-state index in [0.717, 1.165) is 29.2 Å². The van der Waals surface area contributed by atoms with E-state index in [-0.39, 0.29) is 5.78 Å². The van der Waals surface area contributed by atoms with Crippen molar-refractivity contribution >= 4 is 17.5 Å². The highest BCUT2D eigenvalue weighted by molar-refractivity contribution is 7.99. The number of ketones is 1. The molecule has 0 saturated heterocycles. The van der Waals surface area contributed by atoms with Crippen molar-refractivity contribution in [2.75, 3.05) is 13.2 Å². The van der Waals surface area contributed by atoms with E-state index < -0.39 is 0 Å². The van der Waals surface area contributed by atoms with Crippen LogP contribution < -0.4 is 9.47 Å². The molecular formula is C30H28O3S. The SMILES string of the molecule is Cc1ccc(OCCCCOc2ccc(C(=O)c3ccc(Sc4ccccc4)cc3)cc2)cc1. The molecule has 0 atom stereocenters. The summed E-state index contributed by atoms with van der Waals surface area (Å²) in [6, 6.07) is 33.4. The third-order valence-electron chi connectivity index (χ3n) is 5.31. The number of carbonyl (C=O) groups is 1. The second kappa shape index (κ2) is 12.1. The van der Waals surface area contributed by atoms with Crippen molar-refractivity contribution in [1.29, 1.82) is 0 Å². The lowest BCUT2D eigenvalue weighted by atomic mass is 10.0. The van der Waals surface area contributed by atoms with Crippen molar-refractivity contribution in [2.24, 2.45) is 0 Å². The Balaban J connectivity index is 1.20. The largest absolute Gasteiger partial charge is 0.494 e. The Hall–Kier alpha value is -3.50. The number of ether oxygens (including phenoxy) is 2. The molecule has 3 nitrogen and oxygen atoms in total. The highest BCUT2D eigenvalue weighted by Crippen LogP contribution is 2.28. The van der Waals surface area contributed by atoms with Crippen LogP contribution in [0.1, 0.15) is 34.3 Å². The van der Waals surface area contributed by atoms with E-state index in [1.807, 2.05) is 91.0 Å². The van der Waals surface area contributed by atoms with Crippen molar-refractivity contribution < 1.29 is 14.3 Å². The lowest BCUT2D eigenvalue weighted by Gasteiger charge is -2.09. The number of carbonyl (C=O) groups excluding carboxylic acids is 1. The molecule has 0 amide bonds. The third kappa shape index (κ3) is 7.00. The maximum absolute atomic E-state index is 12.8. The quantitative estimate of drug-likeness (QED) is 0.168. The van der Waals surface area contributed by atoms with Gasteiger partial charge in [0.15, 0.2) is 5.78 Å². The Kier molecular flexibility index (Phi) is 8.42. The predicted molar refractivity (Wildman–Crippen MR) is 138 cm³/mol. The van der Waals surface area contributed by atoms with E-state index in [4.69, 9.17) is 9.47 Å². The van der Waals surface area contributed by atoms with Crippen LogP contribution in [0.5, 0.6) is 11.5 Å². The Morgan fingerprint density at radius 1 is 0.618 bits per heavy atom. The normalized spacial score (nSPS) is 10.6. The molecule has 0 spiro atoms. The Morgan fingerprint density at radius 2 is 1.09 bits per heavy atom. The number of aryl methyl sites for hydroxylation is 1. The molecule has 0 bridgehead atoms. The molecular weight excluding hydrogens is 440 g/mol. The fourth-order valence-electron chi connectivity index (χ4n) is 3.39. The highest BCUT2D eigenvalue weighted by Gasteiger charge is 2.09. The average Bonchev–Trinajstić information content (AvgIpc) is 2.88. The molecule has 0 radical (unpaired) electrons. The molecule has 4 heteroatoms. The summed E-state index contributed by atoms with van der Waals surface area (Å²) < 4.78 is 11.6. The van der Waals surface area contributed by atoms with Crippen molar-refractivity contribution in [1.82, 2.24) is 0 Å². The van der Waals surface area contributed by atoms with Gasteiger partial charge in [-0.15, -0.1) is 0 Å². The molecule has 0 unspecified atom stereocenters. The van der Waals surface area contributed by atoms with Crippen LogP contribution in [0.15, 0.2) is 113 Å². The lowest BCUT2D eigenvalue weighted by molar-refractivity contribution is 0.103. The van der Waals surface area contributed by atoms with Gasteiger partial charge in [0.2, 0.25) is 0 Å². The minimum Gasteiger partial charge on any atom is -0.494 e. The van der Waals surface area contributed by atoms with E-state index in [2.05, 4.69) is 19.1 Å². The van der Waals surface area contributed by atoms with Crippen LogP contribution in [0.2, 0.25) is 0 Å². The molecule has 4 rings (SSSR count). The molecule has 0 fully saturated rings. The molecule has 0 N–H and O–H groups in total. The van der Waals surface area contributed by atoms with E-state index in [1.165, 1.54) is 10.5 Å². The van der Waals surface area contributed by atoms with Crippen LogP contribution in [0, 0.1) is 6.92 Å². The monoisotopic (exact) mass is 468 g/mol. The Bertz CT molecular complexity index is 1170. The van der Waals surface area contributed by atoms with Gasteiger partial charge in [0.05, 0.1) is 13.2 Å². The van der Waals surface area contributed by atoms with E-state index in [9.17, 15) is 4.79 Å². The third-order valence-corrected chi connectivity index (χ3v) is 6.32. The first-order valence-corrected chi connectivity index (χ1v) is 12.3. The summed E-state index contributed by atoms with van der Waals surface area (Å²) in [6.45, 7) is 3.35. The van der Waals surface area contributed by atoms with E-state index in [1.54, 1.807) is 11.8 Å². The van der Waals surface area contributed by atoms with Gasteiger partial charge in [0.1, 0.15) is 11.5 Å². The minimum atomic E-state index is 0.0102. The summed E-state index contributed by atoms with van der Waals surface area (Å²) in [7, 11) is 0. The van der Waals surface area contributed by atoms with Gasteiger partial charge in [0.25, 0.3) is 0 Å². The Morgan fingerprint density at radius 3 is 1.65 bits per heavy atom. The summed E-state index contributed by atoms with van der Waals surface area (Å²) in [5.74, 6) is 1.68. The summed E-state index contributed by atoms with van der Waals surface area (Å²) in [6.07, 6.45) is 1.82. The molecule has 0 aliphatic carbocycles. The van der Waals surface area contributed by atoms with Crippen LogP contribution in [-0.2, 0) is 0 Å². The molecule has 0 saturated carbocycles. The van der Waals surface area contributed by atoms with Gasteiger partial charge in [-0.3, -0.25) is 4.79 Å². The number of benzene rings is 4. The number of hydrogen-bond donors (Lipinski definition) is 0. The number of hydrogen-bond acceptors (Lipinski definition) is 4. The highest BCUT2D eigenvalue weighted by atomic mass is 32.2. The van der Waals surface area contributed by atoms with Gasteiger partial charge >= 0.3 is 0 Å². The molecule has 0 aliphatic rings. The molecule has 4 aromatic rings. The first-order chi connectivity index (χ1) is 16.7. The van der Waals surface area contributed by atoms with E-state index >= 15 is 0 Å². The molecule has 0 aliphatic heterocycles. The topological polar surface area (TPSA) is 35.5 Å². The first kappa shape index (κ1) is 23.7. The maximum Gasteiger partial charge on any atom is 0.193 e. The van der Waals surface area contributed by atoms with Crippen LogP contribution in [0.25, 0.3) is 0 Å². The standard InChI is InChI=1S/C30H28O3S/c1-23-9-15-26(16-10-23)32-21-5-6-22-33-27-17-11-24(12-18-27)30(31)25-13-19-29(20-14-25)34-28-7-3-2-4-8-28/h2-4,7-20H,5-6,21-22H2,1H3. The zero-order valence-corrected chi connectivity index (χ0v) is 20.1. The molecule has 172 valence electrons. The van der Waals surface area contributed by atoms with Gasteiger partial charge < -0.3 is 9.47 Å². The summed E-state index contributed by atoms with van der Waals surface area (Å²) in [5, 5.41) is 0. The second-order valence-corrected chi connectivity index (χ2v) is 9.16. The van der Waals surface area contributed by atoms with Crippen LogP contribution in [0.3, 0.4) is 0 Å². The maximum atomic E-state index is 12.8.